The largest absolute Gasteiger partial charge is 0.497 e. The van der Waals surface area contributed by atoms with E-state index in [4.69, 9.17) is 4.74 Å². The number of carbonyl (C=O) groups excluding carboxylic acids is 1. The van der Waals surface area contributed by atoms with E-state index in [0.717, 1.165) is 38.8 Å². The second-order valence-corrected chi connectivity index (χ2v) is 7.82. The molecule has 0 aliphatic heterocycles. The summed E-state index contributed by atoms with van der Waals surface area (Å²) in [5.41, 5.74) is 2.13. The Morgan fingerprint density at radius 2 is 1.83 bits per heavy atom. The highest BCUT2D eigenvalue weighted by Crippen LogP contribution is 2.38. The molecule has 0 amide bonds. The minimum atomic E-state index is -0.472. The Morgan fingerprint density at radius 1 is 1.08 bits per heavy atom. The second-order valence-electron chi connectivity index (χ2n) is 6.12. The summed E-state index contributed by atoms with van der Waals surface area (Å²) in [6, 6.07) is 14.3. The van der Waals surface area contributed by atoms with Gasteiger partial charge in [0.25, 0.3) is 0 Å². The highest BCUT2D eigenvalue weighted by molar-refractivity contribution is 8.01. The summed E-state index contributed by atoms with van der Waals surface area (Å²) >= 11 is 1.55. The molecule has 1 aromatic heterocycles. The van der Waals surface area contributed by atoms with Gasteiger partial charge in [-0.3, -0.25) is 4.98 Å². The van der Waals surface area contributed by atoms with Gasteiger partial charge < -0.3 is 9.53 Å². The summed E-state index contributed by atoms with van der Waals surface area (Å²) in [7, 11) is 1.67. The molecule has 4 heteroatoms. The molecule has 0 N–H and O–H groups in total. The Balaban J connectivity index is 2.06. The highest BCUT2D eigenvalue weighted by Gasteiger charge is 2.20. The number of pyridine rings is 1. The molecule has 0 unspecified atom stereocenters. The molecule has 24 heavy (non-hydrogen) atoms. The SMILES string of the molecule is COc1ccc2cc(-c3cnccc3SC(C)(C)C=O)ccc2c1. The van der Waals surface area contributed by atoms with Crippen LogP contribution in [0.5, 0.6) is 5.75 Å². The molecule has 0 fully saturated rings. The molecule has 122 valence electrons. The van der Waals surface area contributed by atoms with Gasteiger partial charge in [-0.05, 0) is 54.4 Å². The number of aromatic nitrogens is 1. The maximum atomic E-state index is 11.3. The van der Waals surface area contributed by atoms with E-state index in [0.29, 0.717) is 0 Å². The fourth-order valence-corrected chi connectivity index (χ4v) is 3.54. The first kappa shape index (κ1) is 16.5. The van der Waals surface area contributed by atoms with Crippen LogP contribution in [-0.2, 0) is 4.79 Å². The molecule has 0 radical (unpaired) electrons. The van der Waals surface area contributed by atoms with Gasteiger partial charge in [-0.25, -0.2) is 0 Å². The lowest BCUT2D eigenvalue weighted by Gasteiger charge is -2.18. The van der Waals surface area contributed by atoms with Crippen molar-refractivity contribution in [3.8, 4) is 16.9 Å². The number of hydrogen-bond acceptors (Lipinski definition) is 4. The van der Waals surface area contributed by atoms with Gasteiger partial charge in [0, 0.05) is 22.9 Å². The molecule has 1 heterocycles. The monoisotopic (exact) mass is 337 g/mol. The smallest absolute Gasteiger partial charge is 0.135 e. The van der Waals surface area contributed by atoms with E-state index in [2.05, 4.69) is 29.2 Å². The average molecular weight is 337 g/mol. The molecule has 0 spiro atoms. The van der Waals surface area contributed by atoms with Gasteiger partial charge >= 0.3 is 0 Å². The normalized spacial score (nSPS) is 11.5. The van der Waals surface area contributed by atoms with Crippen molar-refractivity contribution in [3.63, 3.8) is 0 Å². The van der Waals surface area contributed by atoms with Crippen LogP contribution >= 0.6 is 11.8 Å². The predicted octanol–water partition coefficient (Wildman–Crippen LogP) is 4.98. The fourth-order valence-electron chi connectivity index (χ4n) is 2.51. The highest BCUT2D eigenvalue weighted by atomic mass is 32.2. The van der Waals surface area contributed by atoms with Gasteiger partial charge in [0.1, 0.15) is 12.0 Å². The van der Waals surface area contributed by atoms with Gasteiger partial charge in [0.05, 0.1) is 11.9 Å². The minimum absolute atomic E-state index is 0.472. The van der Waals surface area contributed by atoms with Crippen LogP contribution in [0.3, 0.4) is 0 Å². The summed E-state index contributed by atoms with van der Waals surface area (Å²) in [5, 5.41) is 2.27. The lowest BCUT2D eigenvalue weighted by molar-refractivity contribution is -0.109. The summed E-state index contributed by atoms with van der Waals surface area (Å²) < 4.78 is 4.81. The van der Waals surface area contributed by atoms with E-state index in [1.165, 1.54) is 0 Å². The van der Waals surface area contributed by atoms with Crippen LogP contribution < -0.4 is 4.74 Å². The van der Waals surface area contributed by atoms with Gasteiger partial charge in [0.15, 0.2) is 0 Å². The number of carbonyl (C=O) groups is 1. The number of thioether (sulfide) groups is 1. The number of methoxy groups -OCH3 is 1. The first-order valence-corrected chi connectivity index (χ1v) is 8.51. The van der Waals surface area contributed by atoms with Gasteiger partial charge in [-0.1, -0.05) is 18.2 Å². The lowest BCUT2D eigenvalue weighted by atomic mass is 10.0. The van der Waals surface area contributed by atoms with Crippen molar-refractivity contribution in [3.05, 3.63) is 54.9 Å². The third-order valence-electron chi connectivity index (χ3n) is 3.80. The Kier molecular flexibility index (Phi) is 4.58. The van der Waals surface area contributed by atoms with E-state index >= 15 is 0 Å². The molecule has 3 aromatic rings. The summed E-state index contributed by atoms with van der Waals surface area (Å²) in [6.45, 7) is 3.84. The van der Waals surface area contributed by atoms with Crippen molar-refractivity contribution in [2.24, 2.45) is 0 Å². The van der Waals surface area contributed by atoms with Crippen molar-refractivity contribution in [1.82, 2.24) is 4.98 Å². The second kappa shape index (κ2) is 6.65. The molecule has 3 rings (SSSR count). The Labute approximate surface area is 146 Å². The molecule has 0 aliphatic rings. The van der Waals surface area contributed by atoms with Crippen molar-refractivity contribution in [2.45, 2.75) is 23.5 Å². The Morgan fingerprint density at radius 3 is 2.58 bits per heavy atom. The summed E-state index contributed by atoms with van der Waals surface area (Å²) in [6.07, 6.45) is 4.60. The van der Waals surface area contributed by atoms with Crippen LogP contribution in [-0.4, -0.2) is 23.1 Å². The topological polar surface area (TPSA) is 39.2 Å². The minimum Gasteiger partial charge on any atom is -0.497 e. The van der Waals surface area contributed by atoms with E-state index in [-0.39, 0.29) is 0 Å². The summed E-state index contributed by atoms with van der Waals surface area (Å²) in [5.74, 6) is 0.848. The number of hydrogen-bond donors (Lipinski definition) is 0. The van der Waals surface area contributed by atoms with E-state index < -0.39 is 4.75 Å². The van der Waals surface area contributed by atoms with E-state index in [1.807, 2.05) is 38.2 Å². The first-order valence-electron chi connectivity index (χ1n) is 7.70. The lowest BCUT2D eigenvalue weighted by Crippen LogP contribution is -2.15. The van der Waals surface area contributed by atoms with Gasteiger partial charge in [0.2, 0.25) is 0 Å². The molecule has 0 saturated carbocycles. The van der Waals surface area contributed by atoms with Crippen molar-refractivity contribution >= 4 is 28.8 Å². The maximum absolute atomic E-state index is 11.3. The van der Waals surface area contributed by atoms with Crippen LogP contribution in [0.4, 0.5) is 0 Å². The van der Waals surface area contributed by atoms with Crippen molar-refractivity contribution in [2.75, 3.05) is 7.11 Å². The third-order valence-corrected chi connectivity index (χ3v) is 4.99. The fraction of sp³-hybridized carbons (Fsp3) is 0.200. The van der Waals surface area contributed by atoms with Crippen LogP contribution in [0, 0.1) is 0 Å². The van der Waals surface area contributed by atoms with Crippen LogP contribution in [0.25, 0.3) is 21.9 Å². The van der Waals surface area contributed by atoms with Crippen LogP contribution in [0.1, 0.15) is 13.8 Å². The molecule has 3 nitrogen and oxygen atoms in total. The number of nitrogens with zero attached hydrogens (tertiary/aromatic N) is 1. The number of rotatable bonds is 5. The van der Waals surface area contributed by atoms with E-state index in [9.17, 15) is 4.79 Å². The van der Waals surface area contributed by atoms with Gasteiger partial charge in [-0.15, -0.1) is 11.8 Å². The number of ether oxygens (including phenoxy) is 1. The first-order chi connectivity index (χ1) is 11.5. The molecule has 0 bridgehead atoms. The zero-order valence-electron chi connectivity index (χ0n) is 13.9. The number of fused-ring (bicyclic) bond motifs is 1. The zero-order valence-corrected chi connectivity index (χ0v) is 14.8. The molecular weight excluding hydrogens is 318 g/mol. The summed E-state index contributed by atoms with van der Waals surface area (Å²) in [4.78, 5) is 16.6. The molecule has 2 aromatic carbocycles. The van der Waals surface area contributed by atoms with E-state index in [1.54, 1.807) is 25.1 Å². The molecular formula is C20H19NO2S. The molecule has 0 aliphatic carbocycles. The predicted molar refractivity (Wildman–Crippen MR) is 99.7 cm³/mol. The standard InChI is InChI=1S/C20H19NO2S/c1-20(2,13-22)24-19-8-9-21-12-18(19)16-5-4-15-11-17(23-3)7-6-14(15)10-16/h4-13H,1-3H3. The number of benzene rings is 2. The van der Waals surface area contributed by atoms with Crippen LogP contribution in [0.2, 0.25) is 0 Å². The number of aldehydes is 1. The van der Waals surface area contributed by atoms with Crippen molar-refractivity contribution in [1.29, 1.82) is 0 Å². The Bertz CT molecular complexity index is 890. The van der Waals surface area contributed by atoms with Crippen LogP contribution in [0.15, 0.2) is 59.8 Å². The Hall–Kier alpha value is -2.33. The quantitative estimate of drug-likeness (QED) is 0.486. The molecule has 0 saturated heterocycles. The maximum Gasteiger partial charge on any atom is 0.135 e. The van der Waals surface area contributed by atoms with Crippen molar-refractivity contribution < 1.29 is 9.53 Å². The van der Waals surface area contributed by atoms with Gasteiger partial charge in [-0.2, -0.15) is 0 Å². The average Bonchev–Trinajstić information content (AvgIpc) is 2.61. The third kappa shape index (κ3) is 3.44. The zero-order chi connectivity index (χ0) is 17.2. The molecule has 0 atom stereocenters.